The molecule has 0 saturated heterocycles. The third kappa shape index (κ3) is 2.47. The Kier molecular flexibility index (Phi) is 3.86. The minimum absolute atomic E-state index is 0.0834. The van der Waals surface area contributed by atoms with Crippen LogP contribution in [0.25, 0.3) is 0 Å². The molecule has 0 spiro atoms. The number of Topliss-reactive ketones (excluding diaryl/α,β-unsaturated/α-hetero) is 1. The normalized spacial score (nSPS) is 27.3. The van der Waals surface area contributed by atoms with Crippen molar-refractivity contribution in [2.75, 3.05) is 6.26 Å². The zero-order valence-electron chi connectivity index (χ0n) is 15.1. The SMILES string of the molecule is CC1C(=O)C(C#N)=CC2(c3ccccc3)c3nn(S(C)(=O)=O)cc3CCC12. The minimum Gasteiger partial charge on any atom is -0.293 e. The number of carbonyl (C=O) groups excluding carboxylic acids is 1. The summed E-state index contributed by atoms with van der Waals surface area (Å²) in [5.41, 5.74) is 1.72. The van der Waals surface area contributed by atoms with Crippen LogP contribution in [-0.2, 0) is 26.7 Å². The molecular weight excluding hydrogens is 362 g/mol. The summed E-state index contributed by atoms with van der Waals surface area (Å²) in [4.78, 5) is 12.6. The van der Waals surface area contributed by atoms with Crippen molar-refractivity contribution >= 4 is 15.8 Å². The molecule has 6 nitrogen and oxygen atoms in total. The number of carbonyl (C=O) groups is 1. The van der Waals surface area contributed by atoms with Crippen molar-refractivity contribution in [1.82, 2.24) is 9.19 Å². The van der Waals surface area contributed by atoms with E-state index in [1.54, 1.807) is 12.3 Å². The number of aromatic nitrogens is 2. The summed E-state index contributed by atoms with van der Waals surface area (Å²) in [6.45, 7) is 1.85. The Morgan fingerprint density at radius 2 is 2.00 bits per heavy atom. The molecule has 0 amide bonds. The van der Waals surface area contributed by atoms with Gasteiger partial charge in [-0.15, -0.1) is 0 Å². The molecule has 1 aromatic carbocycles. The molecule has 0 aliphatic heterocycles. The molecule has 2 aromatic rings. The smallest absolute Gasteiger partial charge is 0.250 e. The van der Waals surface area contributed by atoms with Crippen molar-refractivity contribution in [2.45, 2.75) is 25.2 Å². The van der Waals surface area contributed by atoms with Crippen molar-refractivity contribution < 1.29 is 13.2 Å². The first-order valence-electron chi connectivity index (χ1n) is 8.81. The number of hydrogen-bond acceptors (Lipinski definition) is 5. The lowest BCUT2D eigenvalue weighted by Gasteiger charge is -2.46. The summed E-state index contributed by atoms with van der Waals surface area (Å²) in [5.74, 6) is -0.582. The maximum atomic E-state index is 12.6. The number of hydrogen-bond donors (Lipinski definition) is 0. The Morgan fingerprint density at radius 3 is 2.63 bits per heavy atom. The Bertz CT molecular complexity index is 1110. The van der Waals surface area contributed by atoms with Crippen molar-refractivity contribution in [1.29, 1.82) is 5.26 Å². The van der Waals surface area contributed by atoms with E-state index in [1.807, 2.05) is 43.3 Å². The highest BCUT2D eigenvalue weighted by Crippen LogP contribution is 2.53. The predicted octanol–water partition coefficient (Wildman–Crippen LogP) is 2.21. The fraction of sp³-hybridized carbons (Fsp3) is 0.350. The van der Waals surface area contributed by atoms with Crippen LogP contribution < -0.4 is 0 Å². The first kappa shape index (κ1) is 17.7. The van der Waals surface area contributed by atoms with Gasteiger partial charge in [0, 0.05) is 12.1 Å². The zero-order valence-corrected chi connectivity index (χ0v) is 15.9. The van der Waals surface area contributed by atoms with Gasteiger partial charge in [-0.05, 0) is 36.0 Å². The second kappa shape index (κ2) is 5.89. The molecule has 138 valence electrons. The summed E-state index contributed by atoms with van der Waals surface area (Å²) in [7, 11) is -3.53. The fourth-order valence-corrected chi connectivity index (χ4v) is 5.13. The number of benzene rings is 1. The van der Waals surface area contributed by atoms with Gasteiger partial charge in [0.1, 0.15) is 6.07 Å². The average Bonchev–Trinajstić information content (AvgIpc) is 3.10. The third-order valence-electron chi connectivity index (χ3n) is 5.84. The molecule has 2 aliphatic carbocycles. The van der Waals surface area contributed by atoms with Gasteiger partial charge >= 0.3 is 0 Å². The molecule has 1 heterocycles. The highest BCUT2D eigenvalue weighted by atomic mass is 32.2. The van der Waals surface area contributed by atoms with Crippen LogP contribution in [0.3, 0.4) is 0 Å². The summed E-state index contributed by atoms with van der Waals surface area (Å²) in [6, 6.07) is 11.7. The maximum Gasteiger partial charge on any atom is 0.250 e. The standard InChI is InChI=1S/C20H19N3O3S/c1-13-17-9-8-14-12-23(27(2,25)26)22-19(14)20(17,10-15(11-21)18(13)24)16-6-4-3-5-7-16/h3-7,10,12-13,17H,8-9H2,1-2H3. The largest absolute Gasteiger partial charge is 0.293 e. The zero-order chi connectivity index (χ0) is 19.4. The van der Waals surface area contributed by atoms with Gasteiger partial charge in [0.05, 0.1) is 22.9 Å². The van der Waals surface area contributed by atoms with E-state index in [1.165, 1.54) is 0 Å². The Balaban J connectivity index is 2.09. The van der Waals surface area contributed by atoms with Crippen LogP contribution in [0.5, 0.6) is 0 Å². The Hall–Kier alpha value is -2.72. The maximum absolute atomic E-state index is 12.6. The van der Waals surface area contributed by atoms with E-state index in [2.05, 4.69) is 5.10 Å². The monoisotopic (exact) mass is 381 g/mol. The highest BCUT2D eigenvalue weighted by Gasteiger charge is 2.53. The number of fused-ring (bicyclic) bond motifs is 3. The summed E-state index contributed by atoms with van der Waals surface area (Å²) in [5, 5.41) is 14.0. The van der Waals surface area contributed by atoms with Crippen molar-refractivity contribution in [2.24, 2.45) is 11.8 Å². The van der Waals surface area contributed by atoms with Crippen molar-refractivity contribution in [3.05, 3.63) is 65.0 Å². The number of rotatable bonds is 2. The van der Waals surface area contributed by atoms with E-state index >= 15 is 0 Å². The summed E-state index contributed by atoms with van der Waals surface area (Å²) in [6.07, 6.45) is 5.76. The molecule has 1 aromatic heterocycles. The first-order chi connectivity index (χ1) is 12.8. The molecule has 3 unspecified atom stereocenters. The molecular formula is C20H19N3O3S. The van der Waals surface area contributed by atoms with E-state index in [9.17, 15) is 18.5 Å². The third-order valence-corrected chi connectivity index (χ3v) is 6.70. The van der Waals surface area contributed by atoms with E-state index in [-0.39, 0.29) is 23.2 Å². The van der Waals surface area contributed by atoms with Crippen molar-refractivity contribution in [3.8, 4) is 6.07 Å². The lowest BCUT2D eigenvalue weighted by Crippen LogP contribution is -2.48. The number of allylic oxidation sites excluding steroid dienone is 2. The molecule has 3 atom stereocenters. The molecule has 0 bridgehead atoms. The summed E-state index contributed by atoms with van der Waals surface area (Å²) >= 11 is 0. The van der Waals surface area contributed by atoms with Gasteiger partial charge in [0.15, 0.2) is 5.78 Å². The van der Waals surface area contributed by atoms with Crippen LogP contribution in [-0.4, -0.2) is 29.6 Å². The van der Waals surface area contributed by atoms with E-state index in [4.69, 9.17) is 0 Å². The van der Waals surface area contributed by atoms with Gasteiger partial charge in [-0.2, -0.15) is 14.4 Å². The lowest BCUT2D eigenvalue weighted by molar-refractivity contribution is -0.121. The van der Waals surface area contributed by atoms with Gasteiger partial charge in [-0.25, -0.2) is 8.42 Å². The van der Waals surface area contributed by atoms with Gasteiger partial charge in [-0.1, -0.05) is 37.3 Å². The molecule has 0 fully saturated rings. The van der Waals surface area contributed by atoms with Crippen LogP contribution in [0.15, 0.2) is 48.2 Å². The van der Waals surface area contributed by atoms with E-state index in [0.717, 1.165) is 27.9 Å². The number of ketones is 1. The van der Waals surface area contributed by atoms with Gasteiger partial charge in [0.2, 0.25) is 0 Å². The van der Waals surface area contributed by atoms with Crippen LogP contribution >= 0.6 is 0 Å². The van der Waals surface area contributed by atoms with Crippen LogP contribution in [0, 0.1) is 23.2 Å². The Morgan fingerprint density at radius 1 is 1.30 bits per heavy atom. The van der Waals surface area contributed by atoms with Gasteiger partial charge in [-0.3, -0.25) is 4.79 Å². The first-order valence-corrected chi connectivity index (χ1v) is 10.7. The van der Waals surface area contributed by atoms with Crippen LogP contribution in [0.4, 0.5) is 0 Å². The summed E-state index contributed by atoms with van der Waals surface area (Å²) < 4.78 is 25.1. The fourth-order valence-electron chi connectivity index (χ4n) is 4.58. The molecule has 4 rings (SSSR count). The second-order valence-electron chi connectivity index (χ2n) is 7.34. The number of nitrogens with zero attached hydrogens (tertiary/aromatic N) is 3. The lowest BCUT2D eigenvalue weighted by atomic mass is 9.54. The van der Waals surface area contributed by atoms with Crippen molar-refractivity contribution in [3.63, 3.8) is 0 Å². The average molecular weight is 381 g/mol. The van der Waals surface area contributed by atoms with E-state index in [0.29, 0.717) is 12.1 Å². The molecule has 0 saturated carbocycles. The Labute approximate surface area is 158 Å². The molecule has 27 heavy (non-hydrogen) atoms. The molecule has 0 N–H and O–H groups in total. The highest BCUT2D eigenvalue weighted by molar-refractivity contribution is 7.89. The minimum atomic E-state index is -3.53. The van der Waals surface area contributed by atoms with Gasteiger partial charge < -0.3 is 0 Å². The number of aryl methyl sites for hydroxylation is 1. The van der Waals surface area contributed by atoms with Crippen LogP contribution in [0.2, 0.25) is 0 Å². The number of nitriles is 1. The molecule has 7 heteroatoms. The van der Waals surface area contributed by atoms with Gasteiger partial charge in [0.25, 0.3) is 10.0 Å². The topological polar surface area (TPSA) is 92.8 Å². The quantitative estimate of drug-likeness (QED) is 0.795. The predicted molar refractivity (Wildman–Crippen MR) is 99.4 cm³/mol. The van der Waals surface area contributed by atoms with Crippen LogP contribution in [0.1, 0.15) is 30.2 Å². The molecule has 2 aliphatic rings. The van der Waals surface area contributed by atoms with E-state index < -0.39 is 15.4 Å². The second-order valence-corrected chi connectivity index (χ2v) is 9.18. The molecule has 0 radical (unpaired) electrons.